The van der Waals surface area contributed by atoms with Crippen LogP contribution in [0, 0.1) is 20.8 Å². The van der Waals surface area contributed by atoms with Crippen molar-refractivity contribution in [2.45, 2.75) is 20.8 Å². The number of esters is 1. The summed E-state index contributed by atoms with van der Waals surface area (Å²) >= 11 is 1.23. The molecule has 0 unspecified atom stereocenters. The van der Waals surface area contributed by atoms with Crippen LogP contribution in [0.1, 0.15) is 26.4 Å². The van der Waals surface area contributed by atoms with Crippen molar-refractivity contribution in [2.75, 3.05) is 12.4 Å². The van der Waals surface area contributed by atoms with Gasteiger partial charge in [0.1, 0.15) is 10.6 Å². The number of methoxy groups -OCH3 is 1. The largest absolute Gasteiger partial charge is 0.545 e. The minimum absolute atomic E-state index is 0.249. The molecular weight excluding hydrogens is 354 g/mol. The molecule has 0 saturated carbocycles. The molecule has 7 heteroatoms. The Balaban J connectivity index is 2.58. The molecule has 0 spiro atoms. The first-order chi connectivity index (χ1) is 12.2. The first-order valence-electron chi connectivity index (χ1n) is 7.74. The molecule has 1 aromatic heterocycles. The molecule has 0 aliphatic rings. The molecule has 0 radical (unpaired) electrons. The smallest absolute Gasteiger partial charge is 0.341 e. The van der Waals surface area contributed by atoms with Crippen molar-refractivity contribution >= 4 is 34.2 Å². The summed E-state index contributed by atoms with van der Waals surface area (Å²) in [5, 5.41) is 13.3. The van der Waals surface area contributed by atoms with Gasteiger partial charge in [0.05, 0.1) is 13.1 Å². The highest BCUT2D eigenvalue weighted by Gasteiger charge is 2.25. The van der Waals surface area contributed by atoms with Crippen LogP contribution in [0.2, 0.25) is 0 Å². The normalized spacial score (nSPS) is 10.8. The third kappa shape index (κ3) is 4.18. The first-order valence-corrected chi connectivity index (χ1v) is 8.55. The SMILES string of the molecule is COC(=O)c1c(NC(=O)/C=C/C(=O)[O-])sc(C)c1-c1cc(C)ccc1C. The predicted octanol–water partition coefficient (Wildman–Crippen LogP) is 2.37. The maximum atomic E-state index is 12.4. The minimum Gasteiger partial charge on any atom is -0.545 e. The topological polar surface area (TPSA) is 95.5 Å². The van der Waals surface area contributed by atoms with Crippen LogP contribution in [0.25, 0.3) is 11.1 Å². The number of rotatable bonds is 5. The fourth-order valence-corrected chi connectivity index (χ4v) is 3.62. The van der Waals surface area contributed by atoms with Crippen LogP contribution in [0.4, 0.5) is 5.00 Å². The number of carbonyl (C=O) groups excluding carboxylic acids is 3. The van der Waals surface area contributed by atoms with E-state index >= 15 is 0 Å². The summed E-state index contributed by atoms with van der Waals surface area (Å²) in [6, 6.07) is 5.91. The molecule has 26 heavy (non-hydrogen) atoms. The number of hydrogen-bond acceptors (Lipinski definition) is 6. The lowest BCUT2D eigenvalue weighted by molar-refractivity contribution is -0.297. The molecule has 1 amide bonds. The Morgan fingerprint density at radius 1 is 1.15 bits per heavy atom. The van der Waals surface area contributed by atoms with Gasteiger partial charge in [-0.05, 0) is 38.0 Å². The molecule has 0 bridgehead atoms. The fourth-order valence-electron chi connectivity index (χ4n) is 2.56. The Morgan fingerprint density at radius 2 is 1.85 bits per heavy atom. The molecule has 6 nitrogen and oxygen atoms in total. The number of anilines is 1. The van der Waals surface area contributed by atoms with E-state index in [-0.39, 0.29) is 5.56 Å². The van der Waals surface area contributed by atoms with E-state index in [1.54, 1.807) is 0 Å². The number of benzene rings is 1. The summed E-state index contributed by atoms with van der Waals surface area (Å²) in [4.78, 5) is 35.6. The second kappa shape index (κ2) is 7.97. The van der Waals surface area contributed by atoms with Crippen LogP contribution in [0.15, 0.2) is 30.4 Å². The number of carbonyl (C=O) groups is 3. The highest BCUT2D eigenvalue weighted by molar-refractivity contribution is 7.17. The number of nitrogens with one attached hydrogen (secondary N) is 1. The number of aliphatic carboxylic acids is 1. The second-order valence-electron chi connectivity index (χ2n) is 5.69. The average molecular weight is 372 g/mol. The summed E-state index contributed by atoms with van der Waals surface area (Å²) < 4.78 is 4.90. The van der Waals surface area contributed by atoms with Crippen molar-refractivity contribution in [3.63, 3.8) is 0 Å². The Labute approximate surface area is 155 Å². The Kier molecular flexibility index (Phi) is 5.94. The van der Waals surface area contributed by atoms with Crippen molar-refractivity contribution in [1.82, 2.24) is 0 Å². The minimum atomic E-state index is -1.48. The summed E-state index contributed by atoms with van der Waals surface area (Å²) in [6.45, 7) is 5.74. The summed E-state index contributed by atoms with van der Waals surface area (Å²) in [5.41, 5.74) is 3.84. The standard InChI is InChI=1S/C19H19NO5S/c1-10-5-6-11(2)13(9-10)16-12(3)26-18(17(16)19(24)25-4)20-14(21)7-8-15(22)23/h5-9H,1-4H3,(H,20,21)(H,22,23)/p-1/b8-7+. The number of aryl methyl sites for hydroxylation is 3. The van der Waals surface area contributed by atoms with Gasteiger partial charge >= 0.3 is 5.97 Å². The van der Waals surface area contributed by atoms with E-state index in [0.717, 1.165) is 27.6 Å². The van der Waals surface area contributed by atoms with Gasteiger partial charge in [-0.15, -0.1) is 11.3 Å². The zero-order chi connectivity index (χ0) is 19.4. The van der Waals surface area contributed by atoms with Crippen LogP contribution in [-0.2, 0) is 14.3 Å². The van der Waals surface area contributed by atoms with Gasteiger partial charge < -0.3 is 20.0 Å². The number of amides is 1. The highest BCUT2D eigenvalue weighted by Crippen LogP contribution is 2.41. The number of carboxylic acids is 1. The van der Waals surface area contributed by atoms with E-state index in [2.05, 4.69) is 5.32 Å². The lowest BCUT2D eigenvalue weighted by Gasteiger charge is -2.10. The number of carboxylic acid groups (broad SMARTS) is 1. The van der Waals surface area contributed by atoms with Crippen LogP contribution in [0.5, 0.6) is 0 Å². The Hall–Kier alpha value is -2.93. The molecule has 2 aromatic rings. The van der Waals surface area contributed by atoms with E-state index in [4.69, 9.17) is 4.74 Å². The lowest BCUT2D eigenvalue weighted by atomic mass is 9.95. The molecule has 1 N–H and O–H groups in total. The Morgan fingerprint density at radius 3 is 2.46 bits per heavy atom. The molecule has 0 aliphatic heterocycles. The fraction of sp³-hybridized carbons (Fsp3) is 0.211. The quantitative estimate of drug-likeness (QED) is 0.642. The maximum absolute atomic E-state index is 12.4. The molecule has 1 heterocycles. The van der Waals surface area contributed by atoms with E-state index in [1.165, 1.54) is 18.4 Å². The predicted molar refractivity (Wildman–Crippen MR) is 98.1 cm³/mol. The molecule has 1 aromatic carbocycles. The third-order valence-electron chi connectivity index (χ3n) is 3.74. The molecule has 0 atom stereocenters. The zero-order valence-electron chi connectivity index (χ0n) is 14.8. The third-order valence-corrected chi connectivity index (χ3v) is 4.76. The molecule has 0 aliphatic carbocycles. The van der Waals surface area contributed by atoms with Crippen molar-refractivity contribution < 1.29 is 24.2 Å². The highest BCUT2D eigenvalue weighted by atomic mass is 32.1. The van der Waals surface area contributed by atoms with Crippen molar-refractivity contribution in [3.05, 3.63) is 51.9 Å². The van der Waals surface area contributed by atoms with Crippen LogP contribution in [0.3, 0.4) is 0 Å². The Bertz CT molecular complexity index is 911. The summed E-state index contributed by atoms with van der Waals surface area (Å²) in [5.74, 6) is -2.73. The van der Waals surface area contributed by atoms with Crippen LogP contribution >= 0.6 is 11.3 Å². The molecule has 0 saturated heterocycles. The van der Waals surface area contributed by atoms with E-state index in [1.807, 2.05) is 39.0 Å². The number of ether oxygens (including phenoxy) is 1. The molecule has 2 rings (SSSR count). The monoisotopic (exact) mass is 372 g/mol. The summed E-state index contributed by atoms with van der Waals surface area (Å²) in [6.07, 6.45) is 1.46. The van der Waals surface area contributed by atoms with Gasteiger partial charge in [-0.25, -0.2) is 4.79 Å². The van der Waals surface area contributed by atoms with E-state index in [0.29, 0.717) is 16.6 Å². The zero-order valence-corrected chi connectivity index (χ0v) is 15.7. The van der Waals surface area contributed by atoms with E-state index in [9.17, 15) is 19.5 Å². The van der Waals surface area contributed by atoms with Crippen molar-refractivity contribution in [3.8, 4) is 11.1 Å². The van der Waals surface area contributed by atoms with Gasteiger partial charge in [0.15, 0.2) is 0 Å². The van der Waals surface area contributed by atoms with Gasteiger partial charge in [-0.1, -0.05) is 23.8 Å². The molecule has 0 fully saturated rings. The second-order valence-corrected chi connectivity index (χ2v) is 6.91. The molecular formula is C19H18NO5S-. The van der Waals surface area contributed by atoms with Crippen molar-refractivity contribution in [1.29, 1.82) is 0 Å². The van der Waals surface area contributed by atoms with Gasteiger partial charge in [-0.2, -0.15) is 0 Å². The average Bonchev–Trinajstić information content (AvgIpc) is 2.90. The lowest BCUT2D eigenvalue weighted by Crippen LogP contribution is -2.20. The number of thiophene rings is 1. The number of hydrogen-bond donors (Lipinski definition) is 1. The van der Waals surface area contributed by atoms with Crippen LogP contribution < -0.4 is 10.4 Å². The van der Waals surface area contributed by atoms with E-state index < -0.39 is 17.8 Å². The van der Waals surface area contributed by atoms with Gasteiger partial charge in [0.2, 0.25) is 5.91 Å². The van der Waals surface area contributed by atoms with Gasteiger partial charge in [0.25, 0.3) is 0 Å². The van der Waals surface area contributed by atoms with Gasteiger partial charge in [-0.3, -0.25) is 4.79 Å². The van der Waals surface area contributed by atoms with Crippen molar-refractivity contribution in [2.24, 2.45) is 0 Å². The first kappa shape index (κ1) is 19.4. The van der Waals surface area contributed by atoms with Crippen LogP contribution in [-0.4, -0.2) is 25.0 Å². The maximum Gasteiger partial charge on any atom is 0.341 e. The molecule has 136 valence electrons. The summed E-state index contributed by atoms with van der Waals surface area (Å²) in [7, 11) is 1.27. The van der Waals surface area contributed by atoms with Gasteiger partial charge in [0, 0.05) is 16.5 Å².